The van der Waals surface area contributed by atoms with E-state index in [0.29, 0.717) is 0 Å². The van der Waals surface area contributed by atoms with E-state index in [9.17, 15) is 4.21 Å². The van der Waals surface area contributed by atoms with Gasteiger partial charge in [-0.05, 0) is 0 Å². The Hall–Kier alpha value is -0.0900. The second-order valence-electron chi connectivity index (χ2n) is 2.02. The van der Waals surface area contributed by atoms with Crippen LogP contribution < -0.4 is 5.84 Å². The number of rotatable bonds is 1. The molecule has 1 atom stereocenters. The van der Waals surface area contributed by atoms with Gasteiger partial charge in [0, 0.05) is 11.5 Å². The van der Waals surface area contributed by atoms with E-state index in [4.69, 9.17) is 5.84 Å². The lowest BCUT2D eigenvalue weighted by molar-refractivity contribution is 0.672. The third-order valence-electron chi connectivity index (χ3n) is 1.08. The highest BCUT2D eigenvalue weighted by Gasteiger charge is 2.04. The molecular weight excluding hydrogens is 124 g/mol. The molecular formula is C4H12N2OS. The largest absolute Gasteiger partial charge is 0.248 e. The van der Waals surface area contributed by atoms with Crippen LogP contribution in [-0.2, 0) is 9.73 Å². The SMILES string of the molecule is CC(C)S(C)(=O)=NN. The molecule has 50 valence electrons. The van der Waals surface area contributed by atoms with E-state index in [1.165, 1.54) is 0 Å². The third kappa shape index (κ3) is 1.79. The van der Waals surface area contributed by atoms with Gasteiger partial charge >= 0.3 is 0 Å². The standard InChI is InChI=1S/C4H12N2OS/c1-4(2)8(3,7)6-5/h4H,5H2,1-3H3. The van der Waals surface area contributed by atoms with Crippen molar-refractivity contribution in [3.8, 4) is 0 Å². The highest BCUT2D eigenvalue weighted by molar-refractivity contribution is 7.93. The summed E-state index contributed by atoms with van der Waals surface area (Å²) in [6.07, 6.45) is 1.55. The van der Waals surface area contributed by atoms with Crippen molar-refractivity contribution in [3.05, 3.63) is 0 Å². The van der Waals surface area contributed by atoms with Gasteiger partial charge in [-0.3, -0.25) is 0 Å². The lowest BCUT2D eigenvalue weighted by Gasteiger charge is -2.03. The third-order valence-corrected chi connectivity index (χ3v) is 3.25. The molecule has 0 rings (SSSR count). The van der Waals surface area contributed by atoms with Crippen LogP contribution >= 0.6 is 0 Å². The summed E-state index contributed by atoms with van der Waals surface area (Å²) >= 11 is 0. The smallest absolute Gasteiger partial charge is 0.0629 e. The Bertz CT molecular complexity index is 167. The van der Waals surface area contributed by atoms with Gasteiger partial charge in [-0.1, -0.05) is 13.8 Å². The maximum Gasteiger partial charge on any atom is 0.0629 e. The molecule has 1 unspecified atom stereocenters. The zero-order chi connectivity index (χ0) is 6.78. The van der Waals surface area contributed by atoms with E-state index < -0.39 is 9.73 Å². The quantitative estimate of drug-likeness (QED) is 0.418. The Labute approximate surface area is 50.4 Å². The van der Waals surface area contributed by atoms with Gasteiger partial charge in [-0.25, -0.2) is 10.1 Å². The molecule has 4 heteroatoms. The summed E-state index contributed by atoms with van der Waals surface area (Å²) in [7, 11) is -2.08. The van der Waals surface area contributed by atoms with Gasteiger partial charge < -0.3 is 0 Å². The molecule has 0 aliphatic rings. The van der Waals surface area contributed by atoms with Crippen LogP contribution in [0.25, 0.3) is 0 Å². The van der Waals surface area contributed by atoms with Crippen molar-refractivity contribution in [2.45, 2.75) is 19.1 Å². The Kier molecular flexibility index (Phi) is 2.43. The summed E-state index contributed by atoms with van der Waals surface area (Å²) in [5.41, 5.74) is 0. The highest BCUT2D eigenvalue weighted by Crippen LogP contribution is 1.96. The molecule has 0 heterocycles. The number of nitrogens with two attached hydrogens (primary N) is 1. The van der Waals surface area contributed by atoms with Gasteiger partial charge in [0.2, 0.25) is 0 Å². The van der Waals surface area contributed by atoms with E-state index in [-0.39, 0.29) is 5.25 Å². The molecule has 0 aliphatic carbocycles. The molecule has 8 heavy (non-hydrogen) atoms. The Morgan fingerprint density at radius 2 is 2.00 bits per heavy atom. The predicted molar refractivity (Wildman–Crippen MR) is 35.8 cm³/mol. The predicted octanol–water partition coefficient (Wildman–Crippen LogP) is 0.366. The minimum Gasteiger partial charge on any atom is -0.248 e. The van der Waals surface area contributed by atoms with E-state index in [1.807, 2.05) is 13.8 Å². The summed E-state index contributed by atoms with van der Waals surface area (Å²) in [6, 6.07) is 0. The van der Waals surface area contributed by atoms with Crippen molar-refractivity contribution in [3.63, 3.8) is 0 Å². The second-order valence-corrected chi connectivity index (χ2v) is 4.89. The monoisotopic (exact) mass is 136 g/mol. The van der Waals surface area contributed by atoms with E-state index in [2.05, 4.69) is 4.47 Å². The maximum absolute atomic E-state index is 11.0. The van der Waals surface area contributed by atoms with E-state index >= 15 is 0 Å². The first-order chi connectivity index (χ1) is 3.50. The maximum atomic E-state index is 11.0. The highest BCUT2D eigenvalue weighted by atomic mass is 32.2. The van der Waals surface area contributed by atoms with Crippen LogP contribution in [0.3, 0.4) is 0 Å². The molecule has 0 aromatic heterocycles. The average Bonchev–Trinajstić information content (AvgIpc) is 1.67. The van der Waals surface area contributed by atoms with Crippen molar-refractivity contribution < 1.29 is 4.21 Å². The van der Waals surface area contributed by atoms with Crippen molar-refractivity contribution in [2.24, 2.45) is 10.3 Å². The second kappa shape index (κ2) is 2.46. The van der Waals surface area contributed by atoms with Gasteiger partial charge in [0.1, 0.15) is 0 Å². The van der Waals surface area contributed by atoms with Crippen LogP contribution in [0.4, 0.5) is 0 Å². The minimum atomic E-state index is -2.08. The van der Waals surface area contributed by atoms with Gasteiger partial charge in [0.05, 0.1) is 9.73 Å². The zero-order valence-electron chi connectivity index (χ0n) is 5.42. The normalized spacial score (nSPS) is 18.1. The van der Waals surface area contributed by atoms with E-state index in [0.717, 1.165) is 0 Å². The fraction of sp³-hybridized carbons (Fsp3) is 1.00. The van der Waals surface area contributed by atoms with Crippen molar-refractivity contribution >= 4 is 9.73 Å². The first kappa shape index (κ1) is 7.91. The lowest BCUT2D eigenvalue weighted by atomic mass is 10.6. The van der Waals surface area contributed by atoms with Crippen LogP contribution in [0, 0.1) is 0 Å². The van der Waals surface area contributed by atoms with Gasteiger partial charge in [0.15, 0.2) is 0 Å². The first-order valence-corrected chi connectivity index (χ1v) is 4.39. The summed E-state index contributed by atoms with van der Waals surface area (Å²) in [5.74, 6) is 4.86. The van der Waals surface area contributed by atoms with Crippen molar-refractivity contribution in [1.82, 2.24) is 0 Å². The topological polar surface area (TPSA) is 55.5 Å². The molecule has 0 bridgehead atoms. The zero-order valence-corrected chi connectivity index (χ0v) is 6.23. The molecule has 0 radical (unpaired) electrons. The Balaban J connectivity index is 4.42. The number of nitrogens with zero attached hydrogens (tertiary/aromatic N) is 1. The average molecular weight is 136 g/mol. The molecule has 0 aromatic carbocycles. The lowest BCUT2D eigenvalue weighted by Crippen LogP contribution is -2.12. The molecule has 2 N–H and O–H groups in total. The molecule has 0 amide bonds. The Morgan fingerprint density at radius 3 is 2.00 bits per heavy atom. The number of hydrogen-bond donors (Lipinski definition) is 1. The van der Waals surface area contributed by atoms with Crippen LogP contribution in [0.1, 0.15) is 13.8 Å². The summed E-state index contributed by atoms with van der Waals surface area (Å²) in [4.78, 5) is 0. The molecule has 0 aromatic rings. The molecule has 0 fully saturated rings. The number of hydrogen-bond acceptors (Lipinski definition) is 2. The molecule has 0 saturated carbocycles. The summed E-state index contributed by atoms with van der Waals surface area (Å²) in [5, 5.41) is 0.0486. The summed E-state index contributed by atoms with van der Waals surface area (Å²) < 4.78 is 14.2. The van der Waals surface area contributed by atoms with Gasteiger partial charge in [0.25, 0.3) is 0 Å². The van der Waals surface area contributed by atoms with E-state index in [1.54, 1.807) is 6.26 Å². The Morgan fingerprint density at radius 1 is 1.62 bits per heavy atom. The van der Waals surface area contributed by atoms with Crippen molar-refractivity contribution in [1.29, 1.82) is 0 Å². The fourth-order valence-corrected chi connectivity index (χ4v) is 0.365. The van der Waals surface area contributed by atoms with Crippen molar-refractivity contribution in [2.75, 3.05) is 6.26 Å². The van der Waals surface area contributed by atoms with Crippen LogP contribution in [-0.4, -0.2) is 15.7 Å². The first-order valence-electron chi connectivity index (χ1n) is 2.41. The van der Waals surface area contributed by atoms with Gasteiger partial charge in [-0.2, -0.15) is 4.47 Å². The molecule has 3 nitrogen and oxygen atoms in total. The van der Waals surface area contributed by atoms with Crippen LogP contribution in [0.2, 0.25) is 0 Å². The molecule has 0 saturated heterocycles. The van der Waals surface area contributed by atoms with Crippen LogP contribution in [0.5, 0.6) is 0 Å². The van der Waals surface area contributed by atoms with Gasteiger partial charge in [-0.15, -0.1) is 0 Å². The molecule has 0 aliphatic heterocycles. The summed E-state index contributed by atoms with van der Waals surface area (Å²) in [6.45, 7) is 3.66. The molecule has 0 spiro atoms. The minimum absolute atomic E-state index is 0.0486. The fourth-order valence-electron chi connectivity index (χ4n) is 0.122. The van der Waals surface area contributed by atoms with Crippen LogP contribution in [0.15, 0.2) is 4.47 Å².